The first kappa shape index (κ1) is 43.5. The van der Waals surface area contributed by atoms with Crippen molar-refractivity contribution < 1.29 is 19.1 Å². The third-order valence-electron chi connectivity index (χ3n) is 10.7. The number of aromatic nitrogens is 3. The first-order valence-electron chi connectivity index (χ1n) is 20.6. The second kappa shape index (κ2) is 20.3. The van der Waals surface area contributed by atoms with Crippen LogP contribution in [-0.4, -0.2) is 57.9 Å². The van der Waals surface area contributed by atoms with Gasteiger partial charge in [-0.05, 0) is 97.5 Å². The Morgan fingerprint density at radius 1 is 0.855 bits per heavy atom. The van der Waals surface area contributed by atoms with Gasteiger partial charge in [0.15, 0.2) is 12.4 Å². The van der Waals surface area contributed by atoms with Gasteiger partial charge in [-0.25, -0.2) is 0 Å². The maximum absolute atomic E-state index is 13.3. The number of fused-ring (bicyclic) bond motifs is 4. The number of hydrogen-bond donors (Lipinski definition) is 3. The van der Waals surface area contributed by atoms with E-state index < -0.39 is 11.9 Å². The van der Waals surface area contributed by atoms with Gasteiger partial charge in [-0.15, -0.1) is 21.5 Å². The Labute approximate surface area is 369 Å². The highest BCUT2D eigenvalue weighted by Crippen LogP contribution is 2.39. The molecule has 1 aliphatic rings. The number of nitriles is 1. The van der Waals surface area contributed by atoms with Crippen LogP contribution in [0.25, 0.3) is 21.8 Å². The van der Waals surface area contributed by atoms with Gasteiger partial charge in [0, 0.05) is 40.7 Å². The molecule has 316 valence electrons. The van der Waals surface area contributed by atoms with Crippen molar-refractivity contribution in [2.75, 3.05) is 19.7 Å². The highest BCUT2D eigenvalue weighted by Gasteiger charge is 2.32. The Hall–Kier alpha value is -6.62. The zero-order valence-corrected chi connectivity index (χ0v) is 36.4. The molecule has 0 saturated heterocycles. The molecule has 1 unspecified atom stereocenters. The quantitative estimate of drug-likeness (QED) is 0.0471. The first-order chi connectivity index (χ1) is 30.1. The molecule has 0 bridgehead atoms. The summed E-state index contributed by atoms with van der Waals surface area (Å²) in [5, 5.41) is 31.0. The van der Waals surface area contributed by atoms with Crippen LogP contribution in [0.3, 0.4) is 0 Å². The van der Waals surface area contributed by atoms with Crippen LogP contribution in [0, 0.1) is 32.1 Å². The molecular formula is C48H47ClN8O4S. The normalized spacial score (nSPS) is 13.3. The summed E-state index contributed by atoms with van der Waals surface area (Å²) in [6.45, 7) is 7.28. The Bertz CT molecular complexity index is 2700. The predicted octanol–water partition coefficient (Wildman–Crippen LogP) is 8.44. The lowest BCUT2D eigenvalue weighted by atomic mass is 9.99. The van der Waals surface area contributed by atoms with Crippen LogP contribution in [0.1, 0.15) is 82.5 Å². The van der Waals surface area contributed by atoms with Crippen LogP contribution in [0.5, 0.6) is 5.75 Å². The molecule has 1 atom stereocenters. The maximum Gasteiger partial charge on any atom is 0.262 e. The van der Waals surface area contributed by atoms with E-state index in [0.29, 0.717) is 29.7 Å². The second-order valence-corrected chi connectivity index (χ2v) is 16.8. The van der Waals surface area contributed by atoms with Crippen molar-refractivity contribution in [1.82, 2.24) is 30.7 Å². The fraction of sp³-hybridized carbons (Fsp3) is 0.271. The number of hydrogen-bond acceptors (Lipinski definition) is 9. The third kappa shape index (κ3) is 10.6. The summed E-state index contributed by atoms with van der Waals surface area (Å²) in [6.07, 6.45) is 5.11. The lowest BCUT2D eigenvalue weighted by Gasteiger charge is -2.13. The molecule has 0 spiro atoms. The lowest BCUT2D eigenvalue weighted by Crippen LogP contribution is -2.29. The summed E-state index contributed by atoms with van der Waals surface area (Å²) >= 11 is 7.90. The molecule has 14 heteroatoms. The zero-order valence-electron chi connectivity index (χ0n) is 34.8. The summed E-state index contributed by atoms with van der Waals surface area (Å²) in [6, 6.07) is 29.9. The number of amides is 3. The molecule has 0 fully saturated rings. The number of aliphatic imine (C=N–C) groups is 1. The number of thiophene rings is 1. The number of carbonyl (C=O) groups is 3. The van der Waals surface area contributed by atoms with E-state index in [-0.39, 0.29) is 37.0 Å². The van der Waals surface area contributed by atoms with E-state index in [1.165, 1.54) is 4.88 Å². The summed E-state index contributed by atoms with van der Waals surface area (Å²) < 4.78 is 7.70. The van der Waals surface area contributed by atoms with E-state index in [0.717, 1.165) is 80.8 Å². The van der Waals surface area contributed by atoms with Crippen LogP contribution in [0.2, 0.25) is 5.02 Å². The number of nitrogens with zero attached hydrogens (tertiary/aromatic N) is 5. The largest absolute Gasteiger partial charge is 0.484 e. The van der Waals surface area contributed by atoms with Crippen molar-refractivity contribution in [2.24, 2.45) is 4.99 Å². The van der Waals surface area contributed by atoms with Gasteiger partial charge in [-0.3, -0.25) is 23.9 Å². The van der Waals surface area contributed by atoms with Crippen molar-refractivity contribution >= 4 is 63.2 Å². The average Bonchev–Trinajstić information content (AvgIpc) is 3.76. The van der Waals surface area contributed by atoms with Crippen molar-refractivity contribution in [2.45, 2.75) is 65.5 Å². The molecule has 3 heterocycles. The van der Waals surface area contributed by atoms with Gasteiger partial charge in [-0.1, -0.05) is 85.1 Å². The molecule has 2 aromatic heterocycles. The van der Waals surface area contributed by atoms with Crippen LogP contribution >= 0.6 is 22.9 Å². The average molecular weight is 867 g/mol. The van der Waals surface area contributed by atoms with E-state index in [1.807, 2.05) is 84.3 Å². The lowest BCUT2D eigenvalue weighted by molar-refractivity contribution is -0.123. The van der Waals surface area contributed by atoms with Crippen molar-refractivity contribution in [1.29, 1.82) is 5.26 Å². The van der Waals surface area contributed by atoms with Crippen molar-refractivity contribution in [3.05, 3.63) is 146 Å². The molecule has 0 radical (unpaired) electrons. The van der Waals surface area contributed by atoms with E-state index in [1.54, 1.807) is 41.7 Å². The molecule has 1 aliphatic heterocycles. The number of halogens is 1. The van der Waals surface area contributed by atoms with Gasteiger partial charge in [0.25, 0.3) is 11.8 Å². The summed E-state index contributed by atoms with van der Waals surface area (Å²) in [7, 11) is 0. The number of unbranched alkanes of at least 4 members (excludes halogenated alkanes) is 3. The number of benzene rings is 4. The SMILES string of the molecule is Cc1sc2c(c1C)C(c1ccc(Cl)cc1)=NC(CC(=O)NCCCCCCNC(=O)COc1ccc(CNC(=O)C(C#N)=Cc3ccc4ccccc4c3)cc1)c1nnc(C)n1-2. The first-order valence-corrected chi connectivity index (χ1v) is 21.8. The van der Waals surface area contributed by atoms with Crippen molar-refractivity contribution in [3.63, 3.8) is 0 Å². The minimum Gasteiger partial charge on any atom is -0.484 e. The fourth-order valence-corrected chi connectivity index (χ4v) is 8.57. The number of nitrogens with one attached hydrogen (secondary N) is 3. The second-order valence-electron chi connectivity index (χ2n) is 15.1. The summed E-state index contributed by atoms with van der Waals surface area (Å²) in [4.78, 5) is 44.8. The van der Waals surface area contributed by atoms with E-state index >= 15 is 0 Å². The minimum absolute atomic E-state index is 0.0168. The van der Waals surface area contributed by atoms with E-state index in [9.17, 15) is 19.6 Å². The number of rotatable bonds is 17. The molecule has 3 N–H and O–H groups in total. The third-order valence-corrected chi connectivity index (χ3v) is 12.1. The maximum atomic E-state index is 13.3. The molecule has 3 amide bonds. The Morgan fingerprint density at radius 2 is 1.56 bits per heavy atom. The number of carbonyl (C=O) groups excluding carboxylic acids is 3. The molecule has 6 aromatic rings. The number of aryl methyl sites for hydroxylation is 2. The van der Waals surface area contributed by atoms with Crippen LogP contribution in [-0.2, 0) is 20.9 Å². The minimum atomic E-state index is -0.525. The molecule has 12 nitrogen and oxygen atoms in total. The van der Waals surface area contributed by atoms with E-state index in [4.69, 9.17) is 21.3 Å². The van der Waals surface area contributed by atoms with Gasteiger partial charge in [0.05, 0.1) is 12.1 Å². The predicted molar refractivity (Wildman–Crippen MR) is 244 cm³/mol. The standard InChI is InChI=1S/C48H47ClN8O4S/c1-30-31(2)62-48-44(30)45(36-16-18-39(49)19-17-36)54-41(46-56-55-32(3)57(46)48)26-42(58)51-22-8-4-5-9-23-52-43(59)29-61-40-20-13-33(14-21-40)28-53-47(60)38(27-50)25-34-12-15-35-10-6-7-11-37(35)24-34/h6-7,10-21,24-25,41H,4-5,8-9,22-23,26,28-29H2,1-3H3,(H,51,58)(H,52,59)(H,53,60). The Morgan fingerprint density at radius 3 is 2.29 bits per heavy atom. The highest BCUT2D eigenvalue weighted by atomic mass is 35.5. The Kier molecular flexibility index (Phi) is 14.2. The van der Waals surface area contributed by atoms with Gasteiger partial charge < -0.3 is 20.7 Å². The van der Waals surface area contributed by atoms with Crippen LogP contribution in [0.15, 0.2) is 102 Å². The van der Waals surface area contributed by atoms with E-state index in [2.05, 4.69) is 40.0 Å². The molecule has 7 rings (SSSR count). The van der Waals surface area contributed by atoms with Gasteiger partial charge in [0.2, 0.25) is 5.91 Å². The molecule has 0 aliphatic carbocycles. The fourth-order valence-electron chi connectivity index (χ4n) is 7.23. The number of ether oxygens (including phenoxy) is 1. The van der Waals surface area contributed by atoms with Gasteiger partial charge >= 0.3 is 0 Å². The zero-order chi connectivity index (χ0) is 43.6. The topological polar surface area (TPSA) is 163 Å². The van der Waals surface area contributed by atoms with Crippen LogP contribution < -0.4 is 20.7 Å². The molecule has 4 aromatic carbocycles. The molecule has 0 saturated carbocycles. The highest BCUT2D eigenvalue weighted by molar-refractivity contribution is 7.15. The monoisotopic (exact) mass is 866 g/mol. The Balaban J connectivity index is 0.793. The summed E-state index contributed by atoms with van der Waals surface area (Å²) in [5.74, 6) is 1.13. The summed E-state index contributed by atoms with van der Waals surface area (Å²) in [5.41, 5.74) is 5.50. The van der Waals surface area contributed by atoms with Gasteiger partial charge in [0.1, 0.15) is 34.3 Å². The molecule has 62 heavy (non-hydrogen) atoms. The van der Waals surface area contributed by atoms with Crippen LogP contribution in [0.4, 0.5) is 0 Å². The molecular weight excluding hydrogens is 820 g/mol. The van der Waals surface area contributed by atoms with Gasteiger partial charge in [-0.2, -0.15) is 5.26 Å². The smallest absolute Gasteiger partial charge is 0.262 e. The van der Waals surface area contributed by atoms with Crippen molar-refractivity contribution in [3.8, 4) is 16.8 Å².